The molecule has 0 nitrogen and oxygen atoms in total. The zero-order chi connectivity index (χ0) is 23.7. The largest absolute Gasteiger partial charge is 0.0683 e. The van der Waals surface area contributed by atoms with Crippen LogP contribution in [0.15, 0.2) is 0 Å². The molecule has 28 heavy (non-hydrogen) atoms. The predicted molar refractivity (Wildman–Crippen MR) is 139 cm³/mol. The van der Waals surface area contributed by atoms with Crippen LogP contribution in [0.4, 0.5) is 0 Å². The van der Waals surface area contributed by atoms with Gasteiger partial charge in [-0.3, -0.25) is 0 Å². The molecular weight excluding hydrogens is 336 g/mol. The van der Waals surface area contributed by atoms with Crippen LogP contribution < -0.4 is 0 Å². The van der Waals surface area contributed by atoms with Gasteiger partial charge in [0.05, 0.1) is 0 Å². The average molecular weight is 403 g/mol. The molecule has 0 saturated carbocycles. The second-order valence-electron chi connectivity index (χ2n) is 8.21. The smallest absolute Gasteiger partial charge is 0.0391 e. The molecule has 0 aromatic rings. The summed E-state index contributed by atoms with van der Waals surface area (Å²) in [6.45, 7) is 35.3. The highest BCUT2D eigenvalue weighted by atomic mass is 14.3. The summed E-state index contributed by atoms with van der Waals surface area (Å²) in [4.78, 5) is 0. The van der Waals surface area contributed by atoms with Gasteiger partial charge < -0.3 is 0 Å². The Labute approximate surface area is 185 Å². The molecule has 0 rings (SSSR count). The lowest BCUT2D eigenvalue weighted by Crippen LogP contribution is -2.18. The lowest BCUT2D eigenvalue weighted by atomic mass is 9.77. The molecule has 0 aliphatic carbocycles. The van der Waals surface area contributed by atoms with Crippen molar-refractivity contribution in [3.63, 3.8) is 0 Å². The van der Waals surface area contributed by atoms with Crippen LogP contribution in [0.1, 0.15) is 149 Å². The van der Waals surface area contributed by atoms with E-state index in [0.717, 1.165) is 35.5 Å². The second kappa shape index (κ2) is 31.7. The van der Waals surface area contributed by atoms with Crippen LogP contribution in [-0.2, 0) is 0 Å². The molecule has 3 atom stereocenters. The van der Waals surface area contributed by atoms with Crippen LogP contribution >= 0.6 is 0 Å². The van der Waals surface area contributed by atoms with Gasteiger partial charge in [0, 0.05) is 0 Å². The first kappa shape index (κ1) is 38.6. The molecule has 0 saturated heterocycles. The van der Waals surface area contributed by atoms with E-state index in [1.54, 1.807) is 0 Å². The van der Waals surface area contributed by atoms with Gasteiger partial charge >= 0.3 is 0 Å². The summed E-state index contributed by atoms with van der Waals surface area (Å²) >= 11 is 0. The van der Waals surface area contributed by atoms with Gasteiger partial charge in [0.2, 0.25) is 0 Å². The van der Waals surface area contributed by atoms with Crippen molar-refractivity contribution >= 4 is 0 Å². The number of rotatable bonds is 10. The monoisotopic (exact) mass is 403 g/mol. The Morgan fingerprint density at radius 2 is 0.750 bits per heavy atom. The molecule has 0 radical (unpaired) electrons. The third kappa shape index (κ3) is 26.0. The lowest BCUT2D eigenvalue weighted by Gasteiger charge is -2.29. The highest BCUT2D eigenvalue weighted by Crippen LogP contribution is 2.31. The van der Waals surface area contributed by atoms with Crippen LogP contribution in [-0.4, -0.2) is 0 Å². The van der Waals surface area contributed by atoms with Crippen molar-refractivity contribution in [2.75, 3.05) is 0 Å². The molecule has 0 aliphatic heterocycles. The fourth-order valence-corrected chi connectivity index (χ4v) is 3.33. The minimum Gasteiger partial charge on any atom is -0.0683 e. The summed E-state index contributed by atoms with van der Waals surface area (Å²) in [5, 5.41) is 0. The molecule has 0 aliphatic rings. The van der Waals surface area contributed by atoms with Crippen molar-refractivity contribution in [1.29, 1.82) is 0 Å². The lowest BCUT2D eigenvalue weighted by molar-refractivity contribution is 0.221. The van der Waals surface area contributed by atoms with Crippen molar-refractivity contribution in [2.24, 2.45) is 35.5 Å². The van der Waals surface area contributed by atoms with Crippen LogP contribution in [0.3, 0.4) is 0 Å². The van der Waals surface area contributed by atoms with Gasteiger partial charge in [0.15, 0.2) is 0 Å². The van der Waals surface area contributed by atoms with Gasteiger partial charge in [-0.25, -0.2) is 0 Å². The standard InChI is InChI=1S/C16H34.C6H14.3C2H6/c1-7-11-16(10-4)14(6)12-13(5)15(8-2)9-3;1-5(2)6(3)4;3*1-2/h13-16H,7-12H2,1-6H3;5-6H,1-4H3;3*1-2H3. The first-order valence-electron chi connectivity index (χ1n) is 13.2. The van der Waals surface area contributed by atoms with E-state index in [-0.39, 0.29) is 0 Å². The van der Waals surface area contributed by atoms with Crippen molar-refractivity contribution in [3.8, 4) is 0 Å². The third-order valence-corrected chi connectivity index (χ3v) is 5.92. The average Bonchev–Trinajstić information content (AvgIpc) is 2.71. The maximum absolute atomic E-state index is 2.47. The van der Waals surface area contributed by atoms with Crippen molar-refractivity contribution in [2.45, 2.75) is 149 Å². The number of hydrogen-bond acceptors (Lipinski definition) is 0. The second-order valence-corrected chi connectivity index (χ2v) is 8.21. The summed E-state index contributed by atoms with van der Waals surface area (Å²) in [5.41, 5.74) is 0. The van der Waals surface area contributed by atoms with E-state index < -0.39 is 0 Å². The SMILES string of the molecule is CC.CC.CC.CC(C)C(C)C.CCCC(CC)C(C)CC(C)C(CC)CC. The molecule has 0 amide bonds. The van der Waals surface area contributed by atoms with Crippen LogP contribution in [0.25, 0.3) is 0 Å². The molecule has 0 aromatic carbocycles. The van der Waals surface area contributed by atoms with Crippen LogP contribution in [0.5, 0.6) is 0 Å². The Morgan fingerprint density at radius 1 is 0.464 bits per heavy atom. The van der Waals surface area contributed by atoms with Crippen molar-refractivity contribution in [3.05, 3.63) is 0 Å². The molecule has 178 valence electrons. The van der Waals surface area contributed by atoms with E-state index in [0.29, 0.717) is 0 Å². The van der Waals surface area contributed by atoms with Crippen LogP contribution in [0, 0.1) is 35.5 Å². The van der Waals surface area contributed by atoms with E-state index in [1.165, 1.54) is 38.5 Å². The third-order valence-electron chi connectivity index (χ3n) is 5.92. The molecule has 0 spiro atoms. The van der Waals surface area contributed by atoms with Crippen molar-refractivity contribution in [1.82, 2.24) is 0 Å². The maximum atomic E-state index is 2.47. The molecule has 3 unspecified atom stereocenters. The van der Waals surface area contributed by atoms with E-state index >= 15 is 0 Å². The molecule has 0 aromatic heterocycles. The summed E-state index contributed by atoms with van der Waals surface area (Å²) in [6.07, 6.45) is 8.29. The zero-order valence-electron chi connectivity index (χ0n) is 23.7. The summed E-state index contributed by atoms with van der Waals surface area (Å²) < 4.78 is 0. The van der Waals surface area contributed by atoms with Crippen molar-refractivity contribution < 1.29 is 0 Å². The summed E-state index contributed by atoms with van der Waals surface area (Å²) in [6, 6.07) is 0. The highest BCUT2D eigenvalue weighted by Gasteiger charge is 2.21. The Hall–Kier alpha value is 0. The highest BCUT2D eigenvalue weighted by molar-refractivity contribution is 4.71. The van der Waals surface area contributed by atoms with E-state index in [1.807, 2.05) is 41.5 Å². The molecule has 0 N–H and O–H groups in total. The topological polar surface area (TPSA) is 0 Å². The minimum atomic E-state index is 0.852. The van der Waals surface area contributed by atoms with Gasteiger partial charge in [0.25, 0.3) is 0 Å². The Balaban J connectivity index is -0.000000122. The van der Waals surface area contributed by atoms with Gasteiger partial charge in [0.1, 0.15) is 0 Å². The number of hydrogen-bond donors (Lipinski definition) is 0. The summed E-state index contributed by atoms with van der Waals surface area (Å²) in [5.74, 6) is 5.44. The maximum Gasteiger partial charge on any atom is -0.0391 e. The fraction of sp³-hybridized carbons (Fsp3) is 1.00. The Morgan fingerprint density at radius 3 is 0.964 bits per heavy atom. The quantitative estimate of drug-likeness (QED) is 0.340. The molecular formula is C28H66. The predicted octanol–water partition coefficient (Wildman–Crippen LogP) is 11.3. The summed E-state index contributed by atoms with van der Waals surface area (Å²) in [7, 11) is 0. The first-order chi connectivity index (χ1) is 13.2. The molecule has 0 bridgehead atoms. The Bertz CT molecular complexity index is 206. The fourth-order valence-electron chi connectivity index (χ4n) is 3.33. The van der Waals surface area contributed by atoms with Gasteiger partial charge in [-0.1, -0.05) is 143 Å². The zero-order valence-corrected chi connectivity index (χ0v) is 23.7. The van der Waals surface area contributed by atoms with Crippen LogP contribution in [0.2, 0.25) is 0 Å². The van der Waals surface area contributed by atoms with Gasteiger partial charge in [-0.15, -0.1) is 0 Å². The normalized spacial score (nSPS) is 13.0. The van der Waals surface area contributed by atoms with E-state index in [2.05, 4.69) is 69.2 Å². The van der Waals surface area contributed by atoms with Gasteiger partial charge in [-0.05, 0) is 41.9 Å². The molecule has 0 fully saturated rings. The molecule has 0 heterocycles. The molecule has 0 heteroatoms. The Kier molecular flexibility index (Phi) is 43.7. The van der Waals surface area contributed by atoms with E-state index in [4.69, 9.17) is 0 Å². The van der Waals surface area contributed by atoms with Gasteiger partial charge in [-0.2, -0.15) is 0 Å². The first-order valence-corrected chi connectivity index (χ1v) is 13.2. The van der Waals surface area contributed by atoms with E-state index in [9.17, 15) is 0 Å². The minimum absolute atomic E-state index is 0.852.